The standard InChI is InChI=1S/C15H23NO2/c1-12(2)9-10-15(3,18)11-16-14(17)13-7-5-4-6-8-13/h4-8,12,18H,9-11H2,1-3H3,(H,16,17). The third kappa shape index (κ3) is 5.32. The third-order valence-corrected chi connectivity index (χ3v) is 2.93. The molecule has 1 aromatic carbocycles. The summed E-state index contributed by atoms with van der Waals surface area (Å²) in [6.07, 6.45) is 1.65. The zero-order chi connectivity index (χ0) is 13.6. The maximum Gasteiger partial charge on any atom is 0.251 e. The average Bonchev–Trinajstić information content (AvgIpc) is 2.35. The van der Waals surface area contributed by atoms with E-state index in [1.165, 1.54) is 0 Å². The number of rotatable bonds is 6. The van der Waals surface area contributed by atoms with Gasteiger partial charge in [-0.05, 0) is 37.8 Å². The minimum absolute atomic E-state index is 0.138. The maximum absolute atomic E-state index is 11.8. The van der Waals surface area contributed by atoms with E-state index in [1.807, 2.05) is 18.2 Å². The summed E-state index contributed by atoms with van der Waals surface area (Å²) < 4.78 is 0. The van der Waals surface area contributed by atoms with Crippen molar-refractivity contribution in [3.8, 4) is 0 Å². The highest BCUT2D eigenvalue weighted by Gasteiger charge is 2.21. The van der Waals surface area contributed by atoms with Crippen molar-refractivity contribution in [2.75, 3.05) is 6.54 Å². The zero-order valence-corrected chi connectivity index (χ0v) is 11.4. The van der Waals surface area contributed by atoms with Gasteiger partial charge in [0.2, 0.25) is 0 Å². The molecule has 0 saturated heterocycles. The normalized spacial score (nSPS) is 14.3. The molecule has 1 rings (SSSR count). The molecule has 0 aromatic heterocycles. The molecular weight excluding hydrogens is 226 g/mol. The van der Waals surface area contributed by atoms with E-state index in [0.29, 0.717) is 17.9 Å². The molecule has 3 nitrogen and oxygen atoms in total. The van der Waals surface area contributed by atoms with Crippen molar-refractivity contribution in [1.82, 2.24) is 5.32 Å². The van der Waals surface area contributed by atoms with Gasteiger partial charge in [-0.25, -0.2) is 0 Å². The van der Waals surface area contributed by atoms with Crippen molar-refractivity contribution >= 4 is 5.91 Å². The van der Waals surface area contributed by atoms with Crippen LogP contribution in [0.4, 0.5) is 0 Å². The Kier molecular flexibility index (Phi) is 5.35. The van der Waals surface area contributed by atoms with Crippen molar-refractivity contribution in [2.24, 2.45) is 5.92 Å². The van der Waals surface area contributed by atoms with Gasteiger partial charge in [0.05, 0.1) is 5.60 Å². The molecule has 1 aromatic rings. The highest BCUT2D eigenvalue weighted by atomic mass is 16.3. The van der Waals surface area contributed by atoms with Crippen LogP contribution in [-0.4, -0.2) is 23.2 Å². The summed E-state index contributed by atoms with van der Waals surface area (Å²) in [5, 5.41) is 12.9. The number of hydrogen-bond donors (Lipinski definition) is 2. The fourth-order valence-electron chi connectivity index (χ4n) is 1.65. The van der Waals surface area contributed by atoms with E-state index in [-0.39, 0.29) is 12.5 Å². The van der Waals surface area contributed by atoms with Gasteiger partial charge in [-0.3, -0.25) is 4.79 Å². The zero-order valence-electron chi connectivity index (χ0n) is 11.4. The first kappa shape index (κ1) is 14.7. The molecule has 100 valence electrons. The predicted molar refractivity (Wildman–Crippen MR) is 73.5 cm³/mol. The van der Waals surface area contributed by atoms with Gasteiger partial charge in [-0.15, -0.1) is 0 Å². The van der Waals surface area contributed by atoms with Crippen LogP contribution in [0.3, 0.4) is 0 Å². The lowest BCUT2D eigenvalue weighted by Crippen LogP contribution is -2.40. The Balaban J connectivity index is 2.42. The second-order valence-electron chi connectivity index (χ2n) is 5.48. The van der Waals surface area contributed by atoms with Crippen LogP contribution in [0.25, 0.3) is 0 Å². The van der Waals surface area contributed by atoms with Crippen LogP contribution >= 0.6 is 0 Å². The summed E-state index contributed by atoms with van der Waals surface area (Å²) in [5.74, 6) is 0.418. The number of amides is 1. The molecule has 0 radical (unpaired) electrons. The largest absolute Gasteiger partial charge is 0.388 e. The van der Waals surface area contributed by atoms with Crippen LogP contribution in [-0.2, 0) is 0 Å². The van der Waals surface area contributed by atoms with E-state index >= 15 is 0 Å². The second-order valence-corrected chi connectivity index (χ2v) is 5.48. The summed E-state index contributed by atoms with van der Waals surface area (Å²) in [4.78, 5) is 11.8. The number of nitrogens with one attached hydrogen (secondary N) is 1. The van der Waals surface area contributed by atoms with Crippen LogP contribution in [0.5, 0.6) is 0 Å². The fraction of sp³-hybridized carbons (Fsp3) is 0.533. The van der Waals surface area contributed by atoms with Crippen LogP contribution in [0.1, 0.15) is 44.0 Å². The van der Waals surface area contributed by atoms with Gasteiger partial charge in [0.1, 0.15) is 0 Å². The Morgan fingerprint density at radius 1 is 1.33 bits per heavy atom. The Bertz CT molecular complexity index is 371. The summed E-state index contributed by atoms with van der Waals surface area (Å²) in [6, 6.07) is 9.05. The highest BCUT2D eigenvalue weighted by Crippen LogP contribution is 2.15. The molecule has 0 aliphatic rings. The molecule has 2 N–H and O–H groups in total. The van der Waals surface area contributed by atoms with Crippen LogP contribution in [0.15, 0.2) is 30.3 Å². The van der Waals surface area contributed by atoms with E-state index in [9.17, 15) is 9.90 Å². The maximum atomic E-state index is 11.8. The lowest BCUT2D eigenvalue weighted by Gasteiger charge is -2.24. The minimum atomic E-state index is -0.839. The van der Waals surface area contributed by atoms with Crippen LogP contribution < -0.4 is 5.32 Å². The molecule has 0 spiro atoms. The van der Waals surface area contributed by atoms with Crippen molar-refractivity contribution in [3.05, 3.63) is 35.9 Å². The molecule has 0 heterocycles. The molecule has 18 heavy (non-hydrogen) atoms. The van der Waals surface area contributed by atoms with Gasteiger partial charge in [0, 0.05) is 12.1 Å². The van der Waals surface area contributed by atoms with Gasteiger partial charge in [-0.2, -0.15) is 0 Å². The number of aliphatic hydroxyl groups is 1. The molecule has 3 heteroatoms. The molecule has 1 atom stereocenters. The number of carbonyl (C=O) groups is 1. The number of benzene rings is 1. The van der Waals surface area contributed by atoms with Gasteiger partial charge in [0.15, 0.2) is 0 Å². The fourth-order valence-corrected chi connectivity index (χ4v) is 1.65. The first-order valence-corrected chi connectivity index (χ1v) is 6.46. The summed E-state index contributed by atoms with van der Waals surface area (Å²) in [6.45, 7) is 6.30. The lowest BCUT2D eigenvalue weighted by molar-refractivity contribution is 0.0429. The van der Waals surface area contributed by atoms with E-state index in [1.54, 1.807) is 19.1 Å². The molecule has 0 saturated carbocycles. The Hall–Kier alpha value is -1.35. The van der Waals surface area contributed by atoms with Crippen LogP contribution in [0.2, 0.25) is 0 Å². The highest BCUT2D eigenvalue weighted by molar-refractivity contribution is 5.94. The summed E-state index contributed by atoms with van der Waals surface area (Å²) in [7, 11) is 0. The molecule has 0 bridgehead atoms. The Labute approximate surface area is 109 Å². The van der Waals surface area contributed by atoms with Gasteiger partial charge < -0.3 is 10.4 Å². The lowest BCUT2D eigenvalue weighted by atomic mass is 9.95. The molecule has 0 fully saturated rings. The quantitative estimate of drug-likeness (QED) is 0.814. The number of carbonyl (C=O) groups excluding carboxylic acids is 1. The first-order chi connectivity index (χ1) is 8.41. The predicted octanol–water partition coefficient (Wildman–Crippen LogP) is 2.60. The monoisotopic (exact) mass is 249 g/mol. The SMILES string of the molecule is CC(C)CCC(C)(O)CNC(=O)c1ccccc1. The molecule has 1 amide bonds. The summed E-state index contributed by atoms with van der Waals surface area (Å²) >= 11 is 0. The number of hydrogen-bond acceptors (Lipinski definition) is 2. The summed E-state index contributed by atoms with van der Waals surface area (Å²) in [5.41, 5.74) is -0.216. The molecular formula is C15H23NO2. The first-order valence-electron chi connectivity index (χ1n) is 6.46. The smallest absolute Gasteiger partial charge is 0.251 e. The Morgan fingerprint density at radius 2 is 1.94 bits per heavy atom. The van der Waals surface area contributed by atoms with Gasteiger partial charge >= 0.3 is 0 Å². The minimum Gasteiger partial charge on any atom is -0.388 e. The molecule has 0 aliphatic heterocycles. The Morgan fingerprint density at radius 3 is 2.50 bits per heavy atom. The van der Waals surface area contributed by atoms with Crippen molar-refractivity contribution in [1.29, 1.82) is 0 Å². The van der Waals surface area contributed by atoms with Crippen molar-refractivity contribution in [2.45, 2.75) is 39.2 Å². The van der Waals surface area contributed by atoms with Crippen molar-refractivity contribution < 1.29 is 9.90 Å². The van der Waals surface area contributed by atoms with Gasteiger partial charge in [0.25, 0.3) is 5.91 Å². The average molecular weight is 249 g/mol. The van der Waals surface area contributed by atoms with Crippen molar-refractivity contribution in [3.63, 3.8) is 0 Å². The van der Waals surface area contributed by atoms with E-state index in [0.717, 1.165) is 6.42 Å². The van der Waals surface area contributed by atoms with E-state index in [4.69, 9.17) is 0 Å². The second kappa shape index (κ2) is 6.55. The van der Waals surface area contributed by atoms with E-state index in [2.05, 4.69) is 19.2 Å². The molecule has 1 unspecified atom stereocenters. The van der Waals surface area contributed by atoms with Crippen LogP contribution in [0, 0.1) is 5.92 Å². The van der Waals surface area contributed by atoms with E-state index < -0.39 is 5.60 Å². The topological polar surface area (TPSA) is 49.3 Å². The van der Waals surface area contributed by atoms with Gasteiger partial charge in [-0.1, -0.05) is 32.0 Å². The third-order valence-electron chi connectivity index (χ3n) is 2.93. The molecule has 0 aliphatic carbocycles.